The van der Waals surface area contributed by atoms with E-state index in [0.29, 0.717) is 18.5 Å². The molecule has 0 bridgehead atoms. The van der Waals surface area contributed by atoms with Gasteiger partial charge in [-0.3, -0.25) is 9.59 Å². The minimum absolute atomic E-state index is 0.0249. The van der Waals surface area contributed by atoms with E-state index in [0.717, 1.165) is 45.1 Å². The molecule has 4 nitrogen and oxygen atoms in total. The average molecular weight is 278 g/mol. The first-order valence-corrected chi connectivity index (χ1v) is 8.33. The number of hydrogen-bond acceptors (Lipinski definition) is 2. The van der Waals surface area contributed by atoms with Gasteiger partial charge >= 0.3 is 0 Å². The Kier molecular flexibility index (Phi) is 4.27. The number of likely N-dealkylation sites (tertiary alicyclic amines) is 1. The second kappa shape index (κ2) is 6.15. The van der Waals surface area contributed by atoms with Gasteiger partial charge < -0.3 is 10.2 Å². The van der Waals surface area contributed by atoms with Crippen LogP contribution < -0.4 is 5.32 Å². The first-order valence-electron chi connectivity index (χ1n) is 8.33. The normalized spacial score (nSPS) is 28.2. The van der Waals surface area contributed by atoms with Crippen LogP contribution in [0.1, 0.15) is 57.8 Å². The lowest BCUT2D eigenvalue weighted by Crippen LogP contribution is -2.47. The van der Waals surface area contributed by atoms with Gasteiger partial charge in [0.05, 0.1) is 5.92 Å². The predicted molar refractivity (Wildman–Crippen MR) is 77.0 cm³/mol. The van der Waals surface area contributed by atoms with Crippen LogP contribution in [0, 0.1) is 11.8 Å². The number of carbonyl (C=O) groups is 2. The van der Waals surface area contributed by atoms with E-state index in [1.54, 1.807) is 0 Å². The van der Waals surface area contributed by atoms with E-state index in [9.17, 15) is 9.59 Å². The Morgan fingerprint density at radius 1 is 0.850 bits per heavy atom. The highest BCUT2D eigenvalue weighted by atomic mass is 16.2. The number of amides is 2. The largest absolute Gasteiger partial charge is 0.353 e. The minimum Gasteiger partial charge on any atom is -0.353 e. The molecule has 2 aliphatic carbocycles. The van der Waals surface area contributed by atoms with E-state index in [1.165, 1.54) is 19.3 Å². The van der Waals surface area contributed by atoms with Crippen molar-refractivity contribution in [2.45, 2.75) is 63.8 Å². The number of nitrogens with zero attached hydrogens (tertiary/aromatic N) is 1. The van der Waals surface area contributed by atoms with Gasteiger partial charge in [-0.1, -0.05) is 19.3 Å². The molecule has 0 aromatic rings. The van der Waals surface area contributed by atoms with Gasteiger partial charge in [-0.15, -0.1) is 0 Å². The van der Waals surface area contributed by atoms with Crippen LogP contribution in [0.4, 0.5) is 0 Å². The summed E-state index contributed by atoms with van der Waals surface area (Å²) in [6.45, 7) is 1.50. The fraction of sp³-hybridized carbons (Fsp3) is 0.875. The van der Waals surface area contributed by atoms with Crippen LogP contribution in [-0.4, -0.2) is 35.8 Å². The molecule has 1 atom stereocenters. The zero-order valence-electron chi connectivity index (χ0n) is 12.3. The van der Waals surface area contributed by atoms with Crippen molar-refractivity contribution in [1.29, 1.82) is 0 Å². The third-order valence-electron chi connectivity index (χ3n) is 4.98. The van der Waals surface area contributed by atoms with Crippen LogP contribution in [-0.2, 0) is 9.59 Å². The van der Waals surface area contributed by atoms with E-state index in [1.807, 2.05) is 4.90 Å². The Hall–Kier alpha value is -1.06. The molecular formula is C16H26N2O2. The molecule has 0 unspecified atom stereocenters. The summed E-state index contributed by atoms with van der Waals surface area (Å²) in [4.78, 5) is 26.7. The lowest BCUT2D eigenvalue weighted by atomic mass is 9.87. The Balaban J connectivity index is 1.53. The molecule has 3 aliphatic rings. The maximum absolute atomic E-state index is 12.6. The molecule has 3 fully saturated rings. The fourth-order valence-electron chi connectivity index (χ4n) is 3.55. The molecule has 0 spiro atoms. The molecule has 2 amide bonds. The molecule has 3 rings (SSSR count). The monoisotopic (exact) mass is 278 g/mol. The number of nitrogens with one attached hydrogen (secondary N) is 1. The molecule has 0 aromatic carbocycles. The molecule has 112 valence electrons. The molecule has 0 radical (unpaired) electrons. The summed E-state index contributed by atoms with van der Waals surface area (Å²) < 4.78 is 0. The third kappa shape index (κ3) is 3.33. The van der Waals surface area contributed by atoms with E-state index in [-0.39, 0.29) is 17.7 Å². The lowest BCUT2D eigenvalue weighted by molar-refractivity contribution is -0.140. The van der Waals surface area contributed by atoms with Crippen molar-refractivity contribution in [3.8, 4) is 0 Å². The Morgan fingerprint density at radius 3 is 2.25 bits per heavy atom. The van der Waals surface area contributed by atoms with E-state index >= 15 is 0 Å². The van der Waals surface area contributed by atoms with Gasteiger partial charge in [0.25, 0.3) is 0 Å². The van der Waals surface area contributed by atoms with Crippen LogP contribution in [0.5, 0.6) is 0 Å². The van der Waals surface area contributed by atoms with Gasteiger partial charge in [0.1, 0.15) is 0 Å². The quantitative estimate of drug-likeness (QED) is 0.859. The molecule has 2 saturated carbocycles. The SMILES string of the molecule is O=C(NC1CC1)[C@H]1CCCN(C(=O)C2CCCCC2)C1. The van der Waals surface area contributed by atoms with E-state index < -0.39 is 0 Å². The van der Waals surface area contributed by atoms with Gasteiger partial charge in [0, 0.05) is 25.0 Å². The maximum Gasteiger partial charge on any atom is 0.225 e. The maximum atomic E-state index is 12.6. The van der Waals surface area contributed by atoms with Crippen LogP contribution in [0.25, 0.3) is 0 Å². The van der Waals surface area contributed by atoms with Crippen LogP contribution in [0.15, 0.2) is 0 Å². The van der Waals surface area contributed by atoms with Crippen molar-refractivity contribution < 1.29 is 9.59 Å². The van der Waals surface area contributed by atoms with Crippen molar-refractivity contribution in [2.75, 3.05) is 13.1 Å². The van der Waals surface area contributed by atoms with Crippen molar-refractivity contribution in [2.24, 2.45) is 11.8 Å². The van der Waals surface area contributed by atoms with Gasteiger partial charge in [-0.2, -0.15) is 0 Å². The molecule has 20 heavy (non-hydrogen) atoms. The van der Waals surface area contributed by atoms with E-state index in [2.05, 4.69) is 5.32 Å². The lowest BCUT2D eigenvalue weighted by Gasteiger charge is -2.35. The second-order valence-electron chi connectivity index (χ2n) is 6.74. The summed E-state index contributed by atoms with van der Waals surface area (Å²) in [5.41, 5.74) is 0. The Bertz CT molecular complexity index is 373. The highest BCUT2D eigenvalue weighted by molar-refractivity contribution is 5.82. The summed E-state index contributed by atoms with van der Waals surface area (Å²) in [6, 6.07) is 0.423. The summed E-state index contributed by atoms with van der Waals surface area (Å²) in [5.74, 6) is 0.744. The Labute approximate surface area is 121 Å². The first kappa shape index (κ1) is 13.9. The van der Waals surface area contributed by atoms with Gasteiger partial charge in [-0.05, 0) is 38.5 Å². The van der Waals surface area contributed by atoms with Gasteiger partial charge in [-0.25, -0.2) is 0 Å². The summed E-state index contributed by atoms with van der Waals surface area (Å²) in [6.07, 6.45) is 9.92. The van der Waals surface area contributed by atoms with Gasteiger partial charge in [0.15, 0.2) is 0 Å². The smallest absolute Gasteiger partial charge is 0.225 e. The fourth-order valence-corrected chi connectivity index (χ4v) is 3.55. The van der Waals surface area contributed by atoms with Crippen molar-refractivity contribution in [1.82, 2.24) is 10.2 Å². The number of carbonyl (C=O) groups excluding carboxylic acids is 2. The van der Waals surface area contributed by atoms with Crippen LogP contribution in [0.2, 0.25) is 0 Å². The molecule has 4 heteroatoms. The number of piperidine rings is 1. The molecule has 1 aliphatic heterocycles. The van der Waals surface area contributed by atoms with Gasteiger partial charge in [0.2, 0.25) is 11.8 Å². The second-order valence-corrected chi connectivity index (χ2v) is 6.74. The minimum atomic E-state index is 0.0249. The number of hydrogen-bond donors (Lipinski definition) is 1. The molecule has 0 aromatic heterocycles. The number of rotatable bonds is 3. The van der Waals surface area contributed by atoms with Crippen LogP contribution >= 0.6 is 0 Å². The Morgan fingerprint density at radius 2 is 1.55 bits per heavy atom. The van der Waals surface area contributed by atoms with E-state index in [4.69, 9.17) is 0 Å². The predicted octanol–water partition coefficient (Wildman–Crippen LogP) is 2.08. The summed E-state index contributed by atoms with van der Waals surface area (Å²) in [5, 5.41) is 3.09. The standard InChI is InChI=1S/C16H26N2O2/c19-15(17-14-8-9-14)13-7-4-10-18(11-13)16(20)12-5-2-1-3-6-12/h12-14H,1-11H2,(H,17,19)/t13-/m0/s1. The molecule has 1 saturated heterocycles. The zero-order chi connectivity index (χ0) is 13.9. The molecule has 1 N–H and O–H groups in total. The average Bonchev–Trinajstić information content (AvgIpc) is 3.31. The summed E-state index contributed by atoms with van der Waals surface area (Å²) >= 11 is 0. The topological polar surface area (TPSA) is 49.4 Å². The van der Waals surface area contributed by atoms with Crippen LogP contribution in [0.3, 0.4) is 0 Å². The van der Waals surface area contributed by atoms with Crippen molar-refractivity contribution in [3.05, 3.63) is 0 Å². The van der Waals surface area contributed by atoms with Crippen molar-refractivity contribution in [3.63, 3.8) is 0 Å². The summed E-state index contributed by atoms with van der Waals surface area (Å²) in [7, 11) is 0. The highest BCUT2D eigenvalue weighted by Crippen LogP contribution is 2.28. The first-order chi connectivity index (χ1) is 9.74. The molecule has 1 heterocycles. The molecular weight excluding hydrogens is 252 g/mol. The van der Waals surface area contributed by atoms with Crippen molar-refractivity contribution >= 4 is 11.8 Å². The highest BCUT2D eigenvalue weighted by Gasteiger charge is 2.34. The third-order valence-corrected chi connectivity index (χ3v) is 4.98. The zero-order valence-corrected chi connectivity index (χ0v) is 12.3.